The van der Waals surface area contributed by atoms with Crippen LogP contribution in [0.2, 0.25) is 0 Å². The number of benzene rings is 2. The number of nitrogens with zero attached hydrogens (tertiary/aromatic N) is 1. The normalized spacial score (nSPS) is 10.5. The third kappa shape index (κ3) is 6.06. The summed E-state index contributed by atoms with van der Waals surface area (Å²) < 4.78 is 31.8. The van der Waals surface area contributed by atoms with Crippen molar-refractivity contribution in [2.75, 3.05) is 5.75 Å². The van der Waals surface area contributed by atoms with Crippen molar-refractivity contribution in [1.29, 1.82) is 0 Å². The minimum atomic E-state index is -0.926. The number of carbonyl (C=O) groups is 1. The van der Waals surface area contributed by atoms with Gasteiger partial charge in [-0.3, -0.25) is 4.79 Å². The lowest BCUT2D eigenvalue weighted by molar-refractivity contribution is -0.118. The van der Waals surface area contributed by atoms with E-state index in [2.05, 4.69) is 10.3 Å². The number of thioether (sulfide) groups is 1. The van der Waals surface area contributed by atoms with Crippen molar-refractivity contribution in [3.05, 3.63) is 89.6 Å². The van der Waals surface area contributed by atoms with Gasteiger partial charge in [0.1, 0.15) is 6.61 Å². The Hall–Kier alpha value is -2.93. The van der Waals surface area contributed by atoms with E-state index < -0.39 is 11.6 Å². The molecular formula is C21H18F2N2O2S. The van der Waals surface area contributed by atoms with Crippen molar-refractivity contribution in [2.45, 2.75) is 18.0 Å². The van der Waals surface area contributed by atoms with Gasteiger partial charge < -0.3 is 10.1 Å². The van der Waals surface area contributed by atoms with E-state index in [4.69, 9.17) is 4.74 Å². The van der Waals surface area contributed by atoms with E-state index in [0.29, 0.717) is 23.9 Å². The number of rotatable bonds is 8. The molecule has 3 aromatic rings. The van der Waals surface area contributed by atoms with Gasteiger partial charge in [0.25, 0.3) is 0 Å². The molecule has 1 aromatic heterocycles. The van der Waals surface area contributed by atoms with Crippen LogP contribution in [0.5, 0.6) is 5.88 Å². The maximum absolute atomic E-state index is 13.2. The van der Waals surface area contributed by atoms with E-state index >= 15 is 0 Å². The first-order chi connectivity index (χ1) is 13.6. The van der Waals surface area contributed by atoms with Crippen molar-refractivity contribution >= 4 is 17.7 Å². The number of hydrogen-bond acceptors (Lipinski definition) is 4. The van der Waals surface area contributed by atoms with E-state index in [9.17, 15) is 13.6 Å². The molecule has 4 nitrogen and oxygen atoms in total. The van der Waals surface area contributed by atoms with E-state index in [1.54, 1.807) is 18.3 Å². The average Bonchev–Trinajstić information content (AvgIpc) is 2.73. The number of halogens is 2. The fraction of sp³-hybridized carbons (Fsp3) is 0.143. The second kappa shape index (κ2) is 9.85. The highest BCUT2D eigenvalue weighted by molar-refractivity contribution is 8.00. The largest absolute Gasteiger partial charge is 0.473 e. The molecule has 1 N–H and O–H groups in total. The predicted octanol–water partition coefficient (Wildman–Crippen LogP) is 4.35. The molecule has 0 unspecified atom stereocenters. The van der Waals surface area contributed by atoms with Crippen LogP contribution in [0.15, 0.2) is 71.8 Å². The molecule has 0 atom stereocenters. The molecule has 1 amide bonds. The van der Waals surface area contributed by atoms with Gasteiger partial charge >= 0.3 is 0 Å². The van der Waals surface area contributed by atoms with Gasteiger partial charge in [-0.15, -0.1) is 11.8 Å². The lowest BCUT2D eigenvalue weighted by atomic mass is 10.2. The van der Waals surface area contributed by atoms with Crippen molar-refractivity contribution < 1.29 is 18.3 Å². The molecule has 2 aromatic carbocycles. The highest BCUT2D eigenvalue weighted by Gasteiger charge is 2.07. The molecule has 0 bridgehead atoms. The van der Waals surface area contributed by atoms with Gasteiger partial charge in [0.15, 0.2) is 11.6 Å². The van der Waals surface area contributed by atoms with Crippen LogP contribution in [0.1, 0.15) is 11.1 Å². The standard InChI is InChI=1S/C21H18F2N2O2S/c22-18-7-6-17(11-19(18)23)28-14-20(26)25-12-16-8-9-24-21(10-16)27-13-15-4-2-1-3-5-15/h1-11H,12-14H2,(H,25,26). The Kier molecular flexibility index (Phi) is 6.97. The minimum absolute atomic E-state index is 0.105. The Balaban J connectivity index is 1.46. The SMILES string of the molecule is O=C(CSc1ccc(F)c(F)c1)NCc1ccnc(OCc2ccccc2)c1. The maximum atomic E-state index is 13.2. The molecule has 1 heterocycles. The molecule has 0 radical (unpaired) electrons. The Morgan fingerprint density at radius 3 is 2.61 bits per heavy atom. The Morgan fingerprint density at radius 1 is 1.00 bits per heavy atom. The molecule has 28 heavy (non-hydrogen) atoms. The fourth-order valence-electron chi connectivity index (χ4n) is 2.34. The monoisotopic (exact) mass is 400 g/mol. The van der Waals surface area contributed by atoms with E-state index in [0.717, 1.165) is 35.0 Å². The number of aromatic nitrogens is 1. The number of hydrogen-bond donors (Lipinski definition) is 1. The van der Waals surface area contributed by atoms with Crippen LogP contribution >= 0.6 is 11.8 Å². The van der Waals surface area contributed by atoms with Gasteiger partial charge in [0.05, 0.1) is 5.75 Å². The maximum Gasteiger partial charge on any atom is 0.230 e. The van der Waals surface area contributed by atoms with Gasteiger partial charge in [0.2, 0.25) is 11.8 Å². The molecule has 144 valence electrons. The minimum Gasteiger partial charge on any atom is -0.473 e. The predicted molar refractivity (Wildman–Crippen MR) is 104 cm³/mol. The second-order valence-electron chi connectivity index (χ2n) is 5.92. The fourth-order valence-corrected chi connectivity index (χ4v) is 3.09. The number of pyridine rings is 1. The van der Waals surface area contributed by atoms with Gasteiger partial charge in [0, 0.05) is 23.7 Å². The summed E-state index contributed by atoms with van der Waals surface area (Å²) in [5, 5.41) is 2.79. The molecule has 0 aliphatic carbocycles. The van der Waals surface area contributed by atoms with E-state index in [1.807, 2.05) is 30.3 Å². The third-order valence-corrected chi connectivity index (χ3v) is 4.77. The van der Waals surface area contributed by atoms with Crippen LogP contribution in [-0.4, -0.2) is 16.6 Å². The third-order valence-electron chi connectivity index (χ3n) is 3.78. The summed E-state index contributed by atoms with van der Waals surface area (Å²) in [7, 11) is 0. The summed E-state index contributed by atoms with van der Waals surface area (Å²) >= 11 is 1.14. The highest BCUT2D eigenvalue weighted by atomic mass is 32.2. The van der Waals surface area contributed by atoms with Crippen LogP contribution in [0, 0.1) is 11.6 Å². The molecule has 3 rings (SSSR count). The number of ether oxygens (including phenoxy) is 1. The molecule has 0 aliphatic heterocycles. The summed E-state index contributed by atoms with van der Waals surface area (Å²) in [4.78, 5) is 16.7. The van der Waals surface area contributed by atoms with Gasteiger partial charge in [-0.1, -0.05) is 30.3 Å². The van der Waals surface area contributed by atoms with Crippen LogP contribution < -0.4 is 10.1 Å². The van der Waals surface area contributed by atoms with E-state index in [1.165, 1.54) is 6.07 Å². The molecular weight excluding hydrogens is 382 g/mol. The summed E-state index contributed by atoms with van der Waals surface area (Å²) in [5.41, 5.74) is 1.89. The number of nitrogens with one attached hydrogen (secondary N) is 1. The van der Waals surface area contributed by atoms with Crippen LogP contribution in [0.4, 0.5) is 8.78 Å². The molecule has 0 spiro atoms. The summed E-state index contributed by atoms with van der Waals surface area (Å²) in [5.74, 6) is -1.46. The van der Waals surface area contributed by atoms with Gasteiger partial charge in [-0.2, -0.15) is 0 Å². The van der Waals surface area contributed by atoms with Gasteiger partial charge in [-0.25, -0.2) is 13.8 Å². The molecule has 0 saturated carbocycles. The van der Waals surface area contributed by atoms with Crippen molar-refractivity contribution in [2.24, 2.45) is 0 Å². The first-order valence-corrected chi connectivity index (χ1v) is 9.55. The van der Waals surface area contributed by atoms with Gasteiger partial charge in [-0.05, 0) is 35.4 Å². The summed E-state index contributed by atoms with van der Waals surface area (Å²) in [6.45, 7) is 0.732. The van der Waals surface area contributed by atoms with Crippen molar-refractivity contribution in [3.8, 4) is 5.88 Å². The Bertz CT molecular complexity index is 939. The lowest BCUT2D eigenvalue weighted by Crippen LogP contribution is -2.24. The zero-order chi connectivity index (χ0) is 19.8. The summed E-state index contributed by atoms with van der Waals surface area (Å²) in [6, 6.07) is 16.9. The zero-order valence-corrected chi connectivity index (χ0v) is 15.7. The first-order valence-electron chi connectivity index (χ1n) is 8.56. The second-order valence-corrected chi connectivity index (χ2v) is 6.97. The van der Waals surface area contributed by atoms with Crippen LogP contribution in [-0.2, 0) is 17.9 Å². The van der Waals surface area contributed by atoms with Crippen LogP contribution in [0.3, 0.4) is 0 Å². The molecule has 0 aliphatic rings. The van der Waals surface area contributed by atoms with Crippen molar-refractivity contribution in [3.63, 3.8) is 0 Å². The van der Waals surface area contributed by atoms with E-state index in [-0.39, 0.29) is 11.7 Å². The smallest absolute Gasteiger partial charge is 0.230 e. The van der Waals surface area contributed by atoms with Crippen molar-refractivity contribution in [1.82, 2.24) is 10.3 Å². The first kappa shape index (κ1) is 19.8. The molecule has 7 heteroatoms. The topological polar surface area (TPSA) is 51.2 Å². The molecule has 0 saturated heterocycles. The number of carbonyl (C=O) groups excluding carboxylic acids is 1. The zero-order valence-electron chi connectivity index (χ0n) is 14.9. The highest BCUT2D eigenvalue weighted by Crippen LogP contribution is 2.20. The van der Waals surface area contributed by atoms with Crippen LogP contribution in [0.25, 0.3) is 0 Å². The Labute approximate surface area is 166 Å². The number of amides is 1. The quantitative estimate of drug-likeness (QED) is 0.572. The Morgan fingerprint density at radius 2 is 1.82 bits per heavy atom. The molecule has 0 fully saturated rings. The average molecular weight is 400 g/mol. The summed E-state index contributed by atoms with van der Waals surface area (Å²) in [6.07, 6.45) is 1.62. The lowest BCUT2D eigenvalue weighted by Gasteiger charge is -2.08.